The highest BCUT2D eigenvalue weighted by molar-refractivity contribution is 5.30. The fraction of sp³-hybridized carbons (Fsp3) is 0.400. The summed E-state index contributed by atoms with van der Waals surface area (Å²) >= 11 is 0. The van der Waals surface area contributed by atoms with Crippen LogP contribution < -0.4 is 0 Å². The molecule has 0 aromatic carbocycles. The van der Waals surface area contributed by atoms with E-state index in [2.05, 4.69) is 13.8 Å². The Hall–Kier alpha value is -1.18. The summed E-state index contributed by atoms with van der Waals surface area (Å²) in [6.45, 7) is 4.12. The molecule has 0 aromatic heterocycles. The van der Waals surface area contributed by atoms with Gasteiger partial charge in [0, 0.05) is 5.41 Å². The molecule has 1 N–H and O–H groups in total. The van der Waals surface area contributed by atoms with Gasteiger partial charge in [0.15, 0.2) is 11.5 Å². The van der Waals surface area contributed by atoms with Gasteiger partial charge in [0.05, 0.1) is 7.11 Å². The van der Waals surface area contributed by atoms with Gasteiger partial charge < -0.3 is 9.84 Å². The average Bonchev–Trinajstić information content (AvgIpc) is 2.13. The molecular formula is C10H14O2. The van der Waals surface area contributed by atoms with Crippen molar-refractivity contribution in [2.24, 2.45) is 5.41 Å². The molecule has 0 saturated heterocycles. The van der Waals surface area contributed by atoms with Crippen LogP contribution in [0.5, 0.6) is 0 Å². The Morgan fingerprint density at radius 2 is 1.83 bits per heavy atom. The highest BCUT2D eigenvalue weighted by atomic mass is 16.5. The second-order valence-electron chi connectivity index (χ2n) is 3.44. The van der Waals surface area contributed by atoms with Gasteiger partial charge in [-0.3, -0.25) is 0 Å². The second-order valence-corrected chi connectivity index (χ2v) is 3.44. The third kappa shape index (κ3) is 1.91. The number of aliphatic hydroxyl groups excluding tert-OH is 1. The summed E-state index contributed by atoms with van der Waals surface area (Å²) in [6.07, 6.45) is 7.38. The Labute approximate surface area is 72.9 Å². The summed E-state index contributed by atoms with van der Waals surface area (Å²) in [4.78, 5) is 0. The maximum absolute atomic E-state index is 9.40. The van der Waals surface area contributed by atoms with Crippen LogP contribution in [0, 0.1) is 5.41 Å². The SMILES string of the molecule is COC1=C(O)C=CC(C)(C)C=C1. The zero-order chi connectivity index (χ0) is 9.19. The van der Waals surface area contributed by atoms with Crippen molar-refractivity contribution >= 4 is 0 Å². The van der Waals surface area contributed by atoms with E-state index >= 15 is 0 Å². The molecule has 0 radical (unpaired) electrons. The highest BCUT2D eigenvalue weighted by Crippen LogP contribution is 2.24. The first-order valence-corrected chi connectivity index (χ1v) is 3.91. The standard InChI is InChI=1S/C10H14O2/c1-10(2)6-4-8(11)9(12-3)5-7-10/h4-7,11H,1-3H3. The molecule has 66 valence electrons. The number of rotatable bonds is 1. The summed E-state index contributed by atoms with van der Waals surface area (Å²) in [5.74, 6) is 0.691. The molecule has 0 heterocycles. The molecule has 0 spiro atoms. The van der Waals surface area contributed by atoms with Crippen molar-refractivity contribution in [2.45, 2.75) is 13.8 Å². The number of methoxy groups -OCH3 is 1. The van der Waals surface area contributed by atoms with Crippen molar-refractivity contribution in [1.29, 1.82) is 0 Å². The number of aliphatic hydroxyl groups is 1. The van der Waals surface area contributed by atoms with Gasteiger partial charge in [0.1, 0.15) is 0 Å². The van der Waals surface area contributed by atoms with E-state index in [1.807, 2.05) is 12.2 Å². The highest BCUT2D eigenvalue weighted by Gasteiger charge is 2.13. The van der Waals surface area contributed by atoms with Gasteiger partial charge in [0.2, 0.25) is 0 Å². The molecule has 2 nitrogen and oxygen atoms in total. The fourth-order valence-corrected chi connectivity index (χ4v) is 0.980. The van der Waals surface area contributed by atoms with Crippen LogP contribution in [0.15, 0.2) is 35.8 Å². The van der Waals surface area contributed by atoms with Gasteiger partial charge >= 0.3 is 0 Å². The van der Waals surface area contributed by atoms with E-state index in [0.29, 0.717) is 5.76 Å². The van der Waals surface area contributed by atoms with Crippen molar-refractivity contribution in [3.8, 4) is 0 Å². The van der Waals surface area contributed by atoms with Crippen LogP contribution >= 0.6 is 0 Å². The van der Waals surface area contributed by atoms with Crippen LogP contribution in [-0.4, -0.2) is 12.2 Å². The molecule has 0 amide bonds. The molecule has 0 unspecified atom stereocenters. The maximum atomic E-state index is 9.40. The third-order valence-corrected chi connectivity index (χ3v) is 1.81. The van der Waals surface area contributed by atoms with Gasteiger partial charge in [-0.2, -0.15) is 0 Å². The second kappa shape index (κ2) is 3.05. The van der Waals surface area contributed by atoms with E-state index in [9.17, 15) is 5.11 Å². The molecule has 1 aliphatic rings. The molecule has 1 aliphatic carbocycles. The quantitative estimate of drug-likeness (QED) is 0.648. The number of ether oxygens (including phenoxy) is 1. The van der Waals surface area contributed by atoms with Crippen LogP contribution in [0.2, 0.25) is 0 Å². The third-order valence-electron chi connectivity index (χ3n) is 1.81. The number of hydrogen-bond donors (Lipinski definition) is 1. The van der Waals surface area contributed by atoms with Crippen molar-refractivity contribution in [2.75, 3.05) is 7.11 Å². The van der Waals surface area contributed by atoms with E-state index in [-0.39, 0.29) is 11.2 Å². The molecule has 0 fully saturated rings. The lowest BCUT2D eigenvalue weighted by Crippen LogP contribution is -2.00. The molecule has 0 aliphatic heterocycles. The van der Waals surface area contributed by atoms with Crippen LogP contribution in [0.4, 0.5) is 0 Å². The molecule has 0 saturated carbocycles. The first-order valence-electron chi connectivity index (χ1n) is 3.91. The Bertz CT molecular complexity index is 257. The Kier molecular flexibility index (Phi) is 2.27. The lowest BCUT2D eigenvalue weighted by molar-refractivity contribution is 0.275. The smallest absolute Gasteiger partial charge is 0.160 e. The predicted molar refractivity (Wildman–Crippen MR) is 48.7 cm³/mol. The van der Waals surface area contributed by atoms with Gasteiger partial charge in [-0.05, 0) is 12.2 Å². The summed E-state index contributed by atoms with van der Waals surface area (Å²) in [5.41, 5.74) is -0.0196. The minimum atomic E-state index is -0.0196. The van der Waals surface area contributed by atoms with Crippen LogP contribution in [-0.2, 0) is 4.74 Å². The maximum Gasteiger partial charge on any atom is 0.160 e. The normalized spacial score (nSPS) is 20.9. The number of allylic oxidation sites excluding steroid dienone is 4. The molecule has 0 atom stereocenters. The van der Waals surface area contributed by atoms with E-state index in [0.717, 1.165) is 0 Å². The summed E-state index contributed by atoms with van der Waals surface area (Å²) in [5, 5.41) is 9.40. The van der Waals surface area contributed by atoms with Gasteiger partial charge in [-0.1, -0.05) is 26.0 Å². The Morgan fingerprint density at radius 1 is 1.25 bits per heavy atom. The minimum Gasteiger partial charge on any atom is -0.504 e. The zero-order valence-electron chi connectivity index (χ0n) is 7.66. The molecule has 0 bridgehead atoms. The van der Waals surface area contributed by atoms with Crippen LogP contribution in [0.3, 0.4) is 0 Å². The first-order chi connectivity index (χ1) is 5.55. The van der Waals surface area contributed by atoms with Crippen molar-refractivity contribution in [3.63, 3.8) is 0 Å². The fourth-order valence-electron chi connectivity index (χ4n) is 0.980. The van der Waals surface area contributed by atoms with E-state index in [4.69, 9.17) is 4.74 Å². The molecular weight excluding hydrogens is 152 g/mol. The predicted octanol–water partition coefficient (Wildman–Crippen LogP) is 2.55. The summed E-state index contributed by atoms with van der Waals surface area (Å²) in [7, 11) is 1.54. The van der Waals surface area contributed by atoms with Gasteiger partial charge in [0.25, 0.3) is 0 Å². The molecule has 1 rings (SSSR count). The Morgan fingerprint density at radius 3 is 2.42 bits per heavy atom. The van der Waals surface area contributed by atoms with Gasteiger partial charge in [-0.25, -0.2) is 0 Å². The van der Waals surface area contributed by atoms with E-state index in [1.165, 1.54) is 0 Å². The summed E-state index contributed by atoms with van der Waals surface area (Å²) in [6, 6.07) is 0. The van der Waals surface area contributed by atoms with Crippen molar-refractivity contribution in [1.82, 2.24) is 0 Å². The van der Waals surface area contributed by atoms with E-state index < -0.39 is 0 Å². The lowest BCUT2D eigenvalue weighted by Gasteiger charge is -2.12. The topological polar surface area (TPSA) is 29.5 Å². The zero-order valence-corrected chi connectivity index (χ0v) is 7.66. The van der Waals surface area contributed by atoms with Crippen LogP contribution in [0.25, 0.3) is 0 Å². The van der Waals surface area contributed by atoms with E-state index in [1.54, 1.807) is 19.3 Å². The molecule has 12 heavy (non-hydrogen) atoms. The summed E-state index contributed by atoms with van der Waals surface area (Å²) < 4.78 is 4.97. The molecule has 2 heteroatoms. The van der Waals surface area contributed by atoms with Crippen molar-refractivity contribution < 1.29 is 9.84 Å². The first kappa shape index (κ1) is 8.91. The Balaban J connectivity index is 2.99. The largest absolute Gasteiger partial charge is 0.504 e. The van der Waals surface area contributed by atoms with Gasteiger partial charge in [-0.15, -0.1) is 0 Å². The minimum absolute atomic E-state index is 0.0196. The van der Waals surface area contributed by atoms with Crippen molar-refractivity contribution in [3.05, 3.63) is 35.8 Å². The monoisotopic (exact) mass is 166 g/mol. The molecule has 0 aromatic rings. The average molecular weight is 166 g/mol. The number of hydrogen-bond acceptors (Lipinski definition) is 2. The van der Waals surface area contributed by atoms with Crippen LogP contribution in [0.1, 0.15) is 13.8 Å². The lowest BCUT2D eigenvalue weighted by atomic mass is 9.93.